The minimum Gasteiger partial charge on any atom is -0.508 e. The Morgan fingerprint density at radius 2 is 1.78 bits per heavy atom. The summed E-state index contributed by atoms with van der Waals surface area (Å²) in [6.07, 6.45) is 4.97. The lowest BCUT2D eigenvalue weighted by molar-refractivity contribution is -0.155. The molecule has 394 valence electrons. The summed E-state index contributed by atoms with van der Waals surface area (Å²) in [5.41, 5.74) is 9.51. The number of amides is 4. The number of ether oxygens (including phenoxy) is 3. The largest absolute Gasteiger partial charge is 0.508 e. The number of rotatable bonds is 13. The van der Waals surface area contributed by atoms with E-state index in [4.69, 9.17) is 14.2 Å². The number of cyclic esters (lactones) is 1. The van der Waals surface area contributed by atoms with Gasteiger partial charge in [0.1, 0.15) is 28.6 Å². The summed E-state index contributed by atoms with van der Waals surface area (Å²) in [6.45, 7) is 16.7. The number of esters is 2. The molecule has 7 rings (SSSR count). The van der Waals surface area contributed by atoms with Crippen molar-refractivity contribution in [3.63, 3.8) is 0 Å². The number of carbonyl (C=O) groups excluding carboxylic acids is 6. The van der Waals surface area contributed by atoms with Gasteiger partial charge in [0.25, 0.3) is 5.91 Å². The van der Waals surface area contributed by atoms with Gasteiger partial charge >= 0.3 is 11.9 Å². The summed E-state index contributed by atoms with van der Waals surface area (Å²) in [6, 6.07) is 8.52. The highest BCUT2D eigenvalue weighted by Gasteiger charge is 2.66. The molecule has 3 aliphatic heterocycles. The van der Waals surface area contributed by atoms with Gasteiger partial charge in [-0.05, 0) is 111 Å². The lowest BCUT2D eigenvalue weighted by atomic mass is 9.84. The third-order valence-corrected chi connectivity index (χ3v) is 15.0. The lowest BCUT2D eigenvalue weighted by Gasteiger charge is -2.37. The first-order valence-corrected chi connectivity index (χ1v) is 25.9. The predicted octanol–water partition coefficient (Wildman–Crippen LogP) is 4.59. The summed E-state index contributed by atoms with van der Waals surface area (Å²) in [7, 11) is 5.90. The highest BCUT2D eigenvalue weighted by molar-refractivity contribution is 7.77. The van der Waals surface area contributed by atoms with Crippen molar-refractivity contribution < 1.29 is 48.1 Å². The van der Waals surface area contributed by atoms with Gasteiger partial charge in [-0.2, -0.15) is 0 Å². The van der Waals surface area contributed by atoms with Crippen molar-refractivity contribution in [1.82, 2.24) is 39.4 Å². The van der Waals surface area contributed by atoms with E-state index in [0.29, 0.717) is 43.5 Å². The molecule has 4 aromatic rings. The Morgan fingerprint density at radius 3 is 2.45 bits per heavy atom. The van der Waals surface area contributed by atoms with E-state index in [2.05, 4.69) is 53.2 Å². The number of nitrogens with zero attached hydrogens (tertiary/aromatic N) is 6. The van der Waals surface area contributed by atoms with Crippen molar-refractivity contribution in [2.24, 2.45) is 11.3 Å². The van der Waals surface area contributed by atoms with E-state index in [-0.39, 0.29) is 36.6 Å². The fourth-order valence-electron chi connectivity index (χ4n) is 10.2. The van der Waals surface area contributed by atoms with Crippen LogP contribution < -0.4 is 10.7 Å². The van der Waals surface area contributed by atoms with Crippen LogP contribution in [0.2, 0.25) is 0 Å². The normalized spacial score (nSPS) is 21.5. The Bertz CT molecular complexity index is 2750. The van der Waals surface area contributed by atoms with Gasteiger partial charge in [-0.1, -0.05) is 44.1 Å². The molecule has 0 spiro atoms. The number of methoxy groups -OCH3 is 2. The average molecular weight is 1030 g/mol. The van der Waals surface area contributed by atoms with Crippen LogP contribution in [0, 0.1) is 11.3 Å². The van der Waals surface area contributed by atoms with Gasteiger partial charge in [-0.3, -0.25) is 38.8 Å². The highest BCUT2D eigenvalue weighted by Crippen LogP contribution is 2.42. The Balaban J connectivity index is 1.23. The molecular weight excluding hydrogens is 953 g/mol. The maximum Gasteiger partial charge on any atom is 0.330 e. The number of benzene rings is 2. The third-order valence-electron chi connectivity index (χ3n) is 13.7. The van der Waals surface area contributed by atoms with Crippen LogP contribution in [0.5, 0.6) is 5.75 Å². The van der Waals surface area contributed by atoms with Crippen molar-refractivity contribution in [1.29, 1.82) is 0 Å². The molecule has 2 saturated heterocycles. The van der Waals surface area contributed by atoms with Gasteiger partial charge in [0.2, 0.25) is 17.7 Å². The molecule has 4 amide bonds. The number of pyridine rings is 1. The quantitative estimate of drug-likeness (QED) is 0.0727. The first-order chi connectivity index (χ1) is 34.5. The van der Waals surface area contributed by atoms with Crippen molar-refractivity contribution >= 4 is 58.4 Å². The number of hydrogen-bond donors (Lipinski definition) is 3. The zero-order valence-corrected chi connectivity index (χ0v) is 45.2. The number of hydrogen-bond acceptors (Lipinski definition) is 13. The number of phenols is 1. The molecule has 0 radical (unpaired) electrons. The maximum absolute atomic E-state index is 14.8. The van der Waals surface area contributed by atoms with Gasteiger partial charge in [-0.25, -0.2) is 5.43 Å². The van der Waals surface area contributed by atoms with E-state index in [1.54, 1.807) is 43.6 Å². The summed E-state index contributed by atoms with van der Waals surface area (Å²) in [5, 5.41) is 16.7. The molecule has 5 heterocycles. The fourth-order valence-corrected chi connectivity index (χ4v) is 11.5. The Morgan fingerprint density at radius 1 is 1.04 bits per heavy atom. The first kappa shape index (κ1) is 54.7. The van der Waals surface area contributed by atoms with E-state index >= 15 is 0 Å². The second-order valence-corrected chi connectivity index (χ2v) is 23.6. The van der Waals surface area contributed by atoms with Gasteiger partial charge in [-0.15, -0.1) is 0 Å². The summed E-state index contributed by atoms with van der Waals surface area (Å²) >= 11 is 0.754. The van der Waals surface area contributed by atoms with E-state index < -0.39 is 77.1 Å². The maximum atomic E-state index is 14.8. The monoisotopic (exact) mass is 1030 g/mol. The molecular formula is C54H73N8O10S+. The van der Waals surface area contributed by atoms with Crippen LogP contribution in [0.1, 0.15) is 84.9 Å². The van der Waals surface area contributed by atoms with Crippen LogP contribution in [0.4, 0.5) is 0 Å². The zero-order chi connectivity index (χ0) is 53.3. The molecule has 6 bridgehead atoms. The molecule has 2 aromatic carbocycles. The minimum atomic E-state index is -1.23. The third kappa shape index (κ3) is 12.2. The second-order valence-electron chi connectivity index (χ2n) is 21.6. The van der Waals surface area contributed by atoms with Crippen LogP contribution in [0.3, 0.4) is 0 Å². The topological polar surface area (TPSA) is 205 Å². The van der Waals surface area contributed by atoms with E-state index in [1.807, 2.05) is 45.2 Å². The van der Waals surface area contributed by atoms with Crippen molar-refractivity contribution in [2.45, 2.75) is 129 Å². The van der Waals surface area contributed by atoms with Crippen molar-refractivity contribution in [3.05, 3.63) is 71.5 Å². The number of thiol groups is 1. The number of nitrogens with one attached hydrogen (secondary N) is 2. The molecule has 0 saturated carbocycles. The molecule has 3 N–H and O–H groups in total. The minimum absolute atomic E-state index is 0.0413. The summed E-state index contributed by atoms with van der Waals surface area (Å²) in [4.78, 5) is 90.9. The molecule has 3 aliphatic rings. The van der Waals surface area contributed by atoms with Crippen LogP contribution in [0.25, 0.3) is 33.3 Å². The van der Waals surface area contributed by atoms with E-state index in [9.17, 15) is 33.9 Å². The molecule has 1 unspecified atom stereocenters. The molecule has 73 heavy (non-hydrogen) atoms. The Kier molecular flexibility index (Phi) is 16.7. The highest BCUT2D eigenvalue weighted by atomic mass is 32.2. The molecule has 19 heteroatoms. The lowest BCUT2D eigenvalue weighted by Crippen LogP contribution is -2.62. The predicted molar refractivity (Wildman–Crippen MR) is 280 cm³/mol. The molecule has 18 nitrogen and oxygen atoms in total. The first-order valence-electron chi connectivity index (χ1n) is 25.0. The van der Waals surface area contributed by atoms with Crippen LogP contribution in [-0.2, 0) is 80.9 Å². The van der Waals surface area contributed by atoms with Gasteiger partial charge in [0, 0.05) is 75.0 Å². The number of carbonyl (C=O) groups is 6. The van der Waals surface area contributed by atoms with E-state index in [1.165, 1.54) is 36.0 Å². The van der Waals surface area contributed by atoms with E-state index in [0.717, 1.165) is 50.8 Å². The Labute approximate surface area is 432 Å². The van der Waals surface area contributed by atoms with Crippen molar-refractivity contribution in [2.75, 3.05) is 48.0 Å². The molecule has 6 atom stereocenters. The standard InChI is InChI=1S/C54H72N8O10S/c1-13-60-42-17-16-33-25-37(42)38(45(60)39-27-55-19-18-34(39)29-70-11)26-54(7,8)30-72-51(68)40-15-14-20-61(57-40)49(66)41(23-32-21-35(33)24-36(63)22-32)56-48(65)44(31(2)3)59(10)43(64)28-58(9)50(67)46-47(52(69)71-12)62(46)73-53(4,5)6/h16-19,21-22,24-25,27,31,40-41,44,46-47,57,63H,13-15,20,23,26,28-30H2,1-12H3,(H,56,65)/p+1/t40-,41-,44-,46+,47-,62?/m0/s1. The van der Waals surface area contributed by atoms with Crippen molar-refractivity contribution in [3.8, 4) is 28.1 Å². The summed E-state index contributed by atoms with van der Waals surface area (Å²) in [5.74, 6) is -3.64. The molecule has 0 aliphatic carbocycles. The summed E-state index contributed by atoms with van der Waals surface area (Å²) < 4.78 is 20.5. The number of likely N-dealkylation sites (N-methyl/N-ethyl adjacent to an activating group) is 2. The second kappa shape index (κ2) is 22.2. The SMILES string of the molecule is CCn1c(-c2cnccc2COC)c2c3cc(ccc31)-c1cc(O)cc(c1)C[C@H](NC(=O)[C@H](C(C)C)N(C)C(=O)CN(C)C(=O)[C@H]1[C@@H](C(=O)OC)N1[SH+]C(C)(C)C)C(=O)N1CCC[C@H](N1)C(=O)OCC(C)(C)C2. The smallest absolute Gasteiger partial charge is 0.330 e. The number of hydrazine groups is 1. The van der Waals surface area contributed by atoms with Gasteiger partial charge in [0.15, 0.2) is 12.1 Å². The molecule has 2 aromatic heterocycles. The average Bonchev–Trinajstić information content (AvgIpc) is 3.95. The van der Waals surface area contributed by atoms with Gasteiger partial charge in [0.05, 0.1) is 44.5 Å². The van der Waals surface area contributed by atoms with Crippen LogP contribution in [0.15, 0.2) is 54.9 Å². The number of phenolic OH excluding ortho intramolecular Hbond substituents is 1. The number of fused-ring (bicyclic) bond motifs is 6. The fraction of sp³-hybridized carbons (Fsp3) is 0.537. The number of aromatic hydroxyl groups is 1. The Hall–Kier alpha value is -6.02. The van der Waals surface area contributed by atoms with Crippen LogP contribution >= 0.6 is 0 Å². The van der Waals surface area contributed by atoms with Gasteiger partial charge < -0.3 is 39.0 Å². The van der Waals surface area contributed by atoms with Crippen LogP contribution in [-0.4, -0.2) is 152 Å². The molecule has 2 fully saturated rings. The number of aromatic nitrogens is 2. The number of aryl methyl sites for hydroxylation is 1. The zero-order valence-electron chi connectivity index (χ0n) is 44.3.